The molecule has 3 aromatic rings. The highest BCUT2D eigenvalue weighted by Gasteiger charge is 2.13. The molecular formula is C18H16N2O4. The lowest BCUT2D eigenvalue weighted by Gasteiger charge is -2.07. The molecule has 0 bridgehead atoms. The lowest BCUT2D eigenvalue weighted by Crippen LogP contribution is -2.13. The highest BCUT2D eigenvalue weighted by molar-refractivity contribution is 6.06. The van der Waals surface area contributed by atoms with Crippen molar-refractivity contribution >= 4 is 23.2 Å². The zero-order valence-corrected chi connectivity index (χ0v) is 13.3. The van der Waals surface area contributed by atoms with Crippen LogP contribution in [0.15, 0.2) is 57.8 Å². The van der Waals surface area contributed by atoms with Crippen LogP contribution >= 0.6 is 0 Å². The minimum absolute atomic E-state index is 0.243. The Bertz CT molecular complexity index is 801. The molecule has 0 atom stereocenters. The van der Waals surface area contributed by atoms with Crippen LogP contribution in [0.25, 0.3) is 0 Å². The Morgan fingerprint density at radius 1 is 0.708 bits per heavy atom. The van der Waals surface area contributed by atoms with Crippen molar-refractivity contribution in [2.45, 2.75) is 13.8 Å². The summed E-state index contributed by atoms with van der Waals surface area (Å²) in [6.07, 6.45) is 2.95. The van der Waals surface area contributed by atoms with Crippen molar-refractivity contribution in [3.63, 3.8) is 0 Å². The molecule has 122 valence electrons. The van der Waals surface area contributed by atoms with E-state index in [-0.39, 0.29) is 11.8 Å². The molecule has 0 unspecified atom stereocenters. The highest BCUT2D eigenvalue weighted by Crippen LogP contribution is 2.18. The van der Waals surface area contributed by atoms with Crippen molar-refractivity contribution in [2.75, 3.05) is 10.6 Å². The number of benzene rings is 1. The van der Waals surface area contributed by atoms with Gasteiger partial charge in [-0.3, -0.25) is 9.59 Å². The van der Waals surface area contributed by atoms with Crippen molar-refractivity contribution in [2.24, 2.45) is 0 Å². The SMILES string of the molecule is Cc1occc1C(=O)Nc1ccc(NC(=O)c2ccoc2C)cc1. The van der Waals surface area contributed by atoms with Gasteiger partial charge >= 0.3 is 0 Å². The van der Waals surface area contributed by atoms with E-state index in [1.165, 1.54) is 12.5 Å². The number of amides is 2. The summed E-state index contributed by atoms with van der Waals surface area (Å²) in [5.41, 5.74) is 2.22. The minimum Gasteiger partial charge on any atom is -0.469 e. The van der Waals surface area contributed by atoms with Gasteiger partial charge in [-0.1, -0.05) is 0 Å². The van der Waals surface area contributed by atoms with Crippen molar-refractivity contribution in [1.29, 1.82) is 0 Å². The number of aryl methyl sites for hydroxylation is 2. The lowest BCUT2D eigenvalue weighted by atomic mass is 10.2. The molecule has 0 aliphatic heterocycles. The van der Waals surface area contributed by atoms with Crippen molar-refractivity contribution in [3.8, 4) is 0 Å². The topological polar surface area (TPSA) is 84.5 Å². The summed E-state index contributed by atoms with van der Waals surface area (Å²) >= 11 is 0. The molecule has 0 fully saturated rings. The van der Waals surface area contributed by atoms with Crippen LogP contribution in [0.5, 0.6) is 0 Å². The van der Waals surface area contributed by atoms with Crippen LogP contribution in [-0.2, 0) is 0 Å². The van der Waals surface area contributed by atoms with Crippen molar-refractivity contribution in [3.05, 3.63) is 71.6 Å². The first kappa shape index (κ1) is 15.6. The second kappa shape index (κ2) is 6.45. The second-order valence-corrected chi connectivity index (χ2v) is 5.27. The molecule has 0 saturated heterocycles. The molecule has 3 rings (SSSR count). The Morgan fingerprint density at radius 3 is 1.38 bits per heavy atom. The molecular weight excluding hydrogens is 308 g/mol. The lowest BCUT2D eigenvalue weighted by molar-refractivity contribution is 0.101. The molecule has 6 heteroatoms. The molecule has 6 nitrogen and oxygen atoms in total. The number of carbonyl (C=O) groups excluding carboxylic acids is 2. The first-order valence-corrected chi connectivity index (χ1v) is 7.35. The monoisotopic (exact) mass is 324 g/mol. The quantitative estimate of drug-likeness (QED) is 0.760. The molecule has 0 radical (unpaired) electrons. The van der Waals surface area contributed by atoms with Crippen LogP contribution in [0, 0.1) is 13.8 Å². The van der Waals surface area contributed by atoms with Gasteiger partial charge in [-0.25, -0.2) is 0 Å². The third-order valence-electron chi connectivity index (χ3n) is 3.61. The highest BCUT2D eigenvalue weighted by atomic mass is 16.3. The van der Waals surface area contributed by atoms with Crippen LogP contribution in [-0.4, -0.2) is 11.8 Å². The van der Waals surface area contributed by atoms with Crippen LogP contribution in [0.3, 0.4) is 0 Å². The number of furan rings is 2. The Kier molecular flexibility index (Phi) is 4.20. The largest absolute Gasteiger partial charge is 0.469 e. The van der Waals surface area contributed by atoms with Gasteiger partial charge in [0, 0.05) is 11.4 Å². The molecule has 0 aliphatic carbocycles. The molecule has 2 amide bonds. The van der Waals surface area contributed by atoms with Gasteiger partial charge in [0.2, 0.25) is 0 Å². The summed E-state index contributed by atoms with van der Waals surface area (Å²) in [6, 6.07) is 10.1. The summed E-state index contributed by atoms with van der Waals surface area (Å²) in [5, 5.41) is 5.55. The molecule has 24 heavy (non-hydrogen) atoms. The number of hydrogen-bond donors (Lipinski definition) is 2. The van der Waals surface area contributed by atoms with E-state index < -0.39 is 0 Å². The predicted molar refractivity (Wildman–Crippen MR) is 89.2 cm³/mol. The molecule has 0 spiro atoms. The van der Waals surface area contributed by atoms with Gasteiger partial charge in [0.15, 0.2) is 0 Å². The number of anilines is 2. The zero-order chi connectivity index (χ0) is 17.1. The normalized spacial score (nSPS) is 10.4. The van der Waals surface area contributed by atoms with Gasteiger partial charge in [-0.15, -0.1) is 0 Å². The van der Waals surface area contributed by atoms with E-state index in [0.717, 1.165) is 0 Å². The average molecular weight is 324 g/mol. The van der Waals surface area contributed by atoms with Crippen molar-refractivity contribution in [1.82, 2.24) is 0 Å². The Morgan fingerprint density at radius 2 is 1.08 bits per heavy atom. The third-order valence-corrected chi connectivity index (χ3v) is 3.61. The summed E-state index contributed by atoms with van der Waals surface area (Å²) in [7, 11) is 0. The van der Waals surface area contributed by atoms with Crippen LogP contribution in [0.4, 0.5) is 11.4 Å². The predicted octanol–water partition coefficient (Wildman–Crippen LogP) is 3.99. The number of hydrogen-bond acceptors (Lipinski definition) is 4. The van der Waals surface area contributed by atoms with E-state index in [9.17, 15) is 9.59 Å². The number of nitrogens with one attached hydrogen (secondary N) is 2. The van der Waals surface area contributed by atoms with E-state index in [1.807, 2.05) is 0 Å². The maximum Gasteiger partial charge on any atom is 0.259 e. The summed E-state index contributed by atoms with van der Waals surface area (Å²) in [6.45, 7) is 3.46. The van der Waals surface area contributed by atoms with E-state index >= 15 is 0 Å². The first-order chi connectivity index (χ1) is 11.5. The fraction of sp³-hybridized carbons (Fsp3) is 0.111. The van der Waals surface area contributed by atoms with Crippen LogP contribution in [0.2, 0.25) is 0 Å². The molecule has 1 aromatic carbocycles. The first-order valence-electron chi connectivity index (χ1n) is 7.35. The molecule has 2 N–H and O–H groups in total. The van der Waals surface area contributed by atoms with Gasteiger partial charge in [-0.2, -0.15) is 0 Å². The molecule has 2 heterocycles. The fourth-order valence-corrected chi connectivity index (χ4v) is 2.27. The van der Waals surface area contributed by atoms with E-state index in [1.54, 1.807) is 50.2 Å². The van der Waals surface area contributed by atoms with E-state index in [2.05, 4.69) is 10.6 Å². The van der Waals surface area contributed by atoms with Gasteiger partial charge < -0.3 is 19.5 Å². The summed E-state index contributed by atoms with van der Waals surface area (Å²) < 4.78 is 10.2. The fourth-order valence-electron chi connectivity index (χ4n) is 2.27. The smallest absolute Gasteiger partial charge is 0.259 e. The molecule has 0 aliphatic rings. The van der Waals surface area contributed by atoms with Crippen molar-refractivity contribution < 1.29 is 18.4 Å². The minimum atomic E-state index is -0.243. The van der Waals surface area contributed by atoms with Gasteiger partial charge in [-0.05, 0) is 50.2 Å². The van der Waals surface area contributed by atoms with E-state index in [0.29, 0.717) is 34.0 Å². The Hall–Kier alpha value is -3.28. The second-order valence-electron chi connectivity index (χ2n) is 5.27. The summed E-state index contributed by atoms with van der Waals surface area (Å²) in [4.78, 5) is 24.2. The molecule has 2 aromatic heterocycles. The third kappa shape index (κ3) is 3.22. The number of carbonyl (C=O) groups is 2. The summed E-state index contributed by atoms with van der Waals surface area (Å²) in [5.74, 6) is 0.637. The standard InChI is InChI=1S/C18H16N2O4/c1-11-15(7-9-23-11)17(21)19-13-3-5-14(6-4-13)20-18(22)16-8-10-24-12(16)2/h3-10H,1-2H3,(H,19,21)(H,20,22). The molecule has 0 saturated carbocycles. The van der Waals surface area contributed by atoms with Gasteiger partial charge in [0.25, 0.3) is 11.8 Å². The zero-order valence-electron chi connectivity index (χ0n) is 13.3. The maximum atomic E-state index is 12.1. The maximum absolute atomic E-state index is 12.1. The van der Waals surface area contributed by atoms with Gasteiger partial charge in [0.05, 0.1) is 23.7 Å². The average Bonchev–Trinajstić information content (AvgIpc) is 3.17. The van der Waals surface area contributed by atoms with Gasteiger partial charge in [0.1, 0.15) is 11.5 Å². The van der Waals surface area contributed by atoms with Crippen LogP contribution in [0.1, 0.15) is 32.2 Å². The number of rotatable bonds is 4. The van der Waals surface area contributed by atoms with E-state index in [4.69, 9.17) is 8.83 Å². The Balaban J connectivity index is 1.65. The Labute approximate surface area is 138 Å². The van der Waals surface area contributed by atoms with Crippen LogP contribution < -0.4 is 10.6 Å².